The highest BCUT2D eigenvalue weighted by Gasteiger charge is 2.47. The highest BCUT2D eigenvalue weighted by molar-refractivity contribution is 5.96. The molecule has 168 valence electrons. The minimum absolute atomic E-state index is 0.144. The van der Waals surface area contributed by atoms with Gasteiger partial charge in [0.25, 0.3) is 5.91 Å². The smallest absolute Gasteiger partial charge is 0.252 e. The minimum Gasteiger partial charge on any atom is -0.387 e. The van der Waals surface area contributed by atoms with Crippen LogP contribution in [0, 0.1) is 13.8 Å². The number of hydrogen-bond donors (Lipinski definition) is 5. The number of fused-ring (bicyclic) bond motifs is 1. The van der Waals surface area contributed by atoms with Crippen molar-refractivity contribution in [3.05, 3.63) is 42.0 Å². The molecule has 0 aliphatic carbocycles. The fourth-order valence-corrected chi connectivity index (χ4v) is 3.51. The molecule has 3 heterocycles. The van der Waals surface area contributed by atoms with Crippen molar-refractivity contribution in [1.29, 1.82) is 0 Å². The lowest BCUT2D eigenvalue weighted by Crippen LogP contribution is -2.45. The highest BCUT2D eigenvalue weighted by Crippen LogP contribution is 2.32. The number of aromatic nitrogens is 4. The number of rotatable bonds is 5. The Labute approximate surface area is 182 Å². The molecule has 4 atom stereocenters. The number of nitrogen functional groups attached to an aromatic ring is 1. The fourth-order valence-electron chi connectivity index (χ4n) is 3.51. The van der Waals surface area contributed by atoms with Gasteiger partial charge in [0.05, 0.1) is 12.9 Å². The number of aryl methyl sites for hydroxylation is 1. The van der Waals surface area contributed by atoms with E-state index in [1.54, 1.807) is 6.07 Å². The van der Waals surface area contributed by atoms with E-state index in [0.717, 1.165) is 11.1 Å². The van der Waals surface area contributed by atoms with Crippen molar-refractivity contribution in [2.45, 2.75) is 38.4 Å². The summed E-state index contributed by atoms with van der Waals surface area (Å²) >= 11 is 0. The maximum atomic E-state index is 12.6. The standard InChI is InChI=1S/C20H23N7O5/c1-9-4-3-5-11(10(9)2)26-12(28)6-22-19(31)16-14(29)15(30)20(32-16)27-8-25-13-17(21)23-7-24-18(13)27/h3-5,7-8,14-16,20,29-30H,6H2,1-2H3,(H,22,31)(H,26,28)(H2,21,23,24)/t14-,15+,16-,20+/m0/s1. The predicted molar refractivity (Wildman–Crippen MR) is 113 cm³/mol. The molecule has 3 aromatic rings. The number of carbonyl (C=O) groups excluding carboxylic acids is 2. The van der Waals surface area contributed by atoms with E-state index in [9.17, 15) is 19.8 Å². The third-order valence-corrected chi connectivity index (χ3v) is 5.46. The summed E-state index contributed by atoms with van der Waals surface area (Å²) in [6.45, 7) is 3.47. The zero-order chi connectivity index (χ0) is 23.0. The fraction of sp³-hybridized carbons (Fsp3) is 0.350. The lowest BCUT2D eigenvalue weighted by Gasteiger charge is -2.16. The lowest BCUT2D eigenvalue weighted by molar-refractivity contribution is -0.138. The molecule has 2 amide bonds. The Bertz CT molecular complexity index is 1180. The molecule has 32 heavy (non-hydrogen) atoms. The second kappa shape index (κ2) is 8.49. The third kappa shape index (κ3) is 3.86. The van der Waals surface area contributed by atoms with Crippen LogP contribution < -0.4 is 16.4 Å². The van der Waals surface area contributed by atoms with E-state index in [-0.39, 0.29) is 18.0 Å². The molecular weight excluding hydrogens is 418 g/mol. The Balaban J connectivity index is 1.41. The first-order valence-corrected chi connectivity index (χ1v) is 9.86. The summed E-state index contributed by atoms with van der Waals surface area (Å²) in [6.07, 6.45) is -2.95. The molecule has 4 rings (SSSR count). The first-order valence-electron chi connectivity index (χ1n) is 9.86. The van der Waals surface area contributed by atoms with Crippen LogP contribution in [0.4, 0.5) is 11.5 Å². The Kier molecular flexibility index (Phi) is 5.74. The van der Waals surface area contributed by atoms with Gasteiger partial charge in [0.15, 0.2) is 23.8 Å². The molecule has 2 aromatic heterocycles. The molecule has 1 saturated heterocycles. The number of carbonyl (C=O) groups is 2. The Morgan fingerprint density at radius 2 is 1.97 bits per heavy atom. The number of imidazole rings is 1. The molecule has 0 saturated carbocycles. The van der Waals surface area contributed by atoms with Crippen molar-refractivity contribution in [2.24, 2.45) is 0 Å². The van der Waals surface area contributed by atoms with Gasteiger partial charge in [0.2, 0.25) is 5.91 Å². The van der Waals surface area contributed by atoms with Gasteiger partial charge < -0.3 is 31.3 Å². The van der Waals surface area contributed by atoms with Crippen LogP contribution in [0.1, 0.15) is 17.4 Å². The van der Waals surface area contributed by atoms with Crippen molar-refractivity contribution in [1.82, 2.24) is 24.8 Å². The first kappa shape index (κ1) is 21.6. The molecular formula is C20H23N7O5. The molecule has 6 N–H and O–H groups in total. The zero-order valence-corrected chi connectivity index (χ0v) is 17.4. The van der Waals surface area contributed by atoms with Gasteiger partial charge in [0.1, 0.15) is 24.1 Å². The topological polar surface area (TPSA) is 178 Å². The summed E-state index contributed by atoms with van der Waals surface area (Å²) in [5.74, 6) is -1.04. The van der Waals surface area contributed by atoms with Gasteiger partial charge in [-0.05, 0) is 31.0 Å². The van der Waals surface area contributed by atoms with E-state index < -0.39 is 36.4 Å². The van der Waals surface area contributed by atoms with Crippen molar-refractivity contribution >= 4 is 34.5 Å². The van der Waals surface area contributed by atoms with E-state index in [4.69, 9.17) is 10.5 Å². The van der Waals surface area contributed by atoms with E-state index >= 15 is 0 Å². The summed E-state index contributed by atoms with van der Waals surface area (Å²) in [5.41, 5.74) is 8.93. The molecule has 0 bridgehead atoms. The first-order chi connectivity index (χ1) is 15.3. The van der Waals surface area contributed by atoms with Crippen molar-refractivity contribution in [2.75, 3.05) is 17.6 Å². The van der Waals surface area contributed by atoms with Gasteiger partial charge in [-0.2, -0.15) is 0 Å². The number of nitrogens with two attached hydrogens (primary N) is 1. The summed E-state index contributed by atoms with van der Waals surface area (Å²) in [4.78, 5) is 36.8. The number of anilines is 2. The number of amides is 2. The Morgan fingerprint density at radius 3 is 2.75 bits per heavy atom. The average Bonchev–Trinajstić information content (AvgIpc) is 3.32. The van der Waals surface area contributed by atoms with Crippen LogP contribution in [0.15, 0.2) is 30.9 Å². The average molecular weight is 441 g/mol. The Morgan fingerprint density at radius 1 is 1.19 bits per heavy atom. The number of benzene rings is 1. The van der Waals surface area contributed by atoms with Gasteiger partial charge in [-0.15, -0.1) is 0 Å². The summed E-state index contributed by atoms with van der Waals surface area (Å²) in [5, 5.41) is 26.0. The number of hydrogen-bond acceptors (Lipinski definition) is 9. The summed E-state index contributed by atoms with van der Waals surface area (Å²) < 4.78 is 6.97. The van der Waals surface area contributed by atoms with Gasteiger partial charge in [-0.1, -0.05) is 12.1 Å². The highest BCUT2D eigenvalue weighted by atomic mass is 16.6. The maximum Gasteiger partial charge on any atom is 0.252 e. The van der Waals surface area contributed by atoms with E-state index in [2.05, 4.69) is 25.6 Å². The number of nitrogens with zero attached hydrogens (tertiary/aromatic N) is 4. The minimum atomic E-state index is -1.53. The lowest BCUT2D eigenvalue weighted by atomic mass is 10.1. The second-order valence-corrected chi connectivity index (χ2v) is 7.52. The second-order valence-electron chi connectivity index (χ2n) is 7.52. The van der Waals surface area contributed by atoms with Gasteiger partial charge in [0, 0.05) is 5.69 Å². The van der Waals surface area contributed by atoms with Gasteiger partial charge in [-0.25, -0.2) is 15.0 Å². The maximum absolute atomic E-state index is 12.6. The number of aliphatic hydroxyl groups excluding tert-OH is 2. The van der Waals surface area contributed by atoms with Crippen molar-refractivity contribution in [3.8, 4) is 0 Å². The van der Waals surface area contributed by atoms with Crippen LogP contribution in [0.25, 0.3) is 11.2 Å². The summed E-state index contributed by atoms with van der Waals surface area (Å²) in [6, 6.07) is 5.51. The molecule has 1 aliphatic heterocycles. The normalized spacial score (nSPS) is 22.8. The summed E-state index contributed by atoms with van der Waals surface area (Å²) in [7, 11) is 0. The number of aliphatic hydroxyl groups is 2. The van der Waals surface area contributed by atoms with Crippen molar-refractivity contribution < 1.29 is 24.5 Å². The number of nitrogens with one attached hydrogen (secondary N) is 2. The molecule has 0 unspecified atom stereocenters. The Hall–Kier alpha value is -3.61. The molecule has 12 heteroatoms. The zero-order valence-electron chi connectivity index (χ0n) is 17.4. The van der Waals surface area contributed by atoms with Gasteiger partial charge >= 0.3 is 0 Å². The monoisotopic (exact) mass is 441 g/mol. The third-order valence-electron chi connectivity index (χ3n) is 5.46. The SMILES string of the molecule is Cc1cccc(NC(=O)CNC(=O)[C@H]2O[C@@H](n3cnc4c(N)ncnc43)[C@H](O)[C@@H]2O)c1C. The largest absolute Gasteiger partial charge is 0.387 e. The van der Waals surface area contributed by atoms with Gasteiger partial charge in [-0.3, -0.25) is 14.2 Å². The quantitative estimate of drug-likeness (QED) is 0.346. The van der Waals surface area contributed by atoms with Crippen LogP contribution in [-0.2, 0) is 14.3 Å². The van der Waals surface area contributed by atoms with E-state index in [1.807, 2.05) is 26.0 Å². The molecule has 0 radical (unpaired) electrons. The van der Waals surface area contributed by atoms with Crippen LogP contribution >= 0.6 is 0 Å². The molecule has 12 nitrogen and oxygen atoms in total. The van der Waals surface area contributed by atoms with E-state index in [1.165, 1.54) is 17.2 Å². The molecule has 1 aliphatic rings. The predicted octanol–water partition coefficient (Wildman–Crippen LogP) is -0.601. The number of ether oxygens (including phenoxy) is 1. The van der Waals surface area contributed by atoms with Crippen LogP contribution in [-0.4, -0.2) is 66.4 Å². The van der Waals surface area contributed by atoms with Crippen LogP contribution in [0.5, 0.6) is 0 Å². The van der Waals surface area contributed by atoms with Crippen LogP contribution in [0.3, 0.4) is 0 Å². The molecule has 1 aromatic carbocycles. The molecule has 0 spiro atoms. The van der Waals surface area contributed by atoms with Crippen LogP contribution in [0.2, 0.25) is 0 Å². The molecule has 1 fully saturated rings. The van der Waals surface area contributed by atoms with Crippen molar-refractivity contribution in [3.63, 3.8) is 0 Å². The van der Waals surface area contributed by atoms with E-state index in [0.29, 0.717) is 11.2 Å².